The Morgan fingerprint density at radius 3 is 1.89 bits per heavy atom. The van der Waals surface area contributed by atoms with Gasteiger partial charge in [0, 0.05) is 18.2 Å². The number of halogens is 1. The first-order chi connectivity index (χ1) is 43.1. The quantitative estimate of drug-likeness (QED) is 0.00971. The van der Waals surface area contributed by atoms with E-state index in [9.17, 15) is 28.8 Å². The lowest BCUT2D eigenvalue weighted by Crippen LogP contribution is -2.68. The summed E-state index contributed by atoms with van der Waals surface area (Å²) in [6.45, 7) is 11.8. The Labute approximate surface area is 544 Å². The molecule has 3 heterocycles. The Kier molecular flexibility index (Phi) is 22.1. The minimum Gasteiger partial charge on any atom is -0.497 e. The zero-order valence-corrected chi connectivity index (χ0v) is 55.2. The number of amides is 4. The number of β-lactam (4-membered cyclic amide) rings is 1. The fourth-order valence-corrected chi connectivity index (χ4v) is 13.1. The molecule has 4 atom stereocenters. The monoisotopic (exact) mass is 1320 g/mol. The van der Waals surface area contributed by atoms with Crippen LogP contribution in [0.25, 0.3) is 0 Å². The van der Waals surface area contributed by atoms with Crippen molar-refractivity contribution >= 4 is 98.8 Å². The maximum atomic E-state index is 15.4. The van der Waals surface area contributed by atoms with E-state index in [2.05, 4.69) is 15.5 Å². The first-order valence-electron chi connectivity index (χ1n) is 28.5. The first-order valence-corrected chi connectivity index (χ1v) is 31.7. The Morgan fingerprint density at radius 1 is 0.791 bits per heavy atom. The third-order valence-electron chi connectivity index (χ3n) is 13.8. The van der Waals surface area contributed by atoms with Crippen LogP contribution in [0, 0.1) is 0 Å². The van der Waals surface area contributed by atoms with Crippen molar-refractivity contribution in [2.75, 3.05) is 45.9 Å². The number of rotatable bonds is 26. The number of nitrogens with two attached hydrogens (primary N) is 1. The second kappa shape index (κ2) is 29.3. The summed E-state index contributed by atoms with van der Waals surface area (Å²) in [5.41, 5.74) is 4.23. The van der Waals surface area contributed by atoms with E-state index in [0.717, 1.165) is 40.4 Å². The molecule has 3 N–H and O–H groups in total. The molecule has 2 fully saturated rings. The maximum absolute atomic E-state index is 15.4. The molecule has 0 bridgehead atoms. The van der Waals surface area contributed by atoms with Crippen LogP contribution in [0.4, 0.5) is 9.93 Å². The van der Waals surface area contributed by atoms with E-state index in [4.69, 9.17) is 60.1 Å². The van der Waals surface area contributed by atoms with Gasteiger partial charge in [-0.3, -0.25) is 19.2 Å². The van der Waals surface area contributed by atoms with Gasteiger partial charge in [-0.2, -0.15) is 0 Å². The number of imide groups is 1. The Morgan fingerprint density at radius 2 is 1.36 bits per heavy atom. The molecule has 22 nitrogen and oxygen atoms in total. The summed E-state index contributed by atoms with van der Waals surface area (Å²) < 4.78 is 45.1. The van der Waals surface area contributed by atoms with Gasteiger partial charge in [0.1, 0.15) is 53.0 Å². The highest BCUT2D eigenvalue weighted by atomic mass is 35.5. The van der Waals surface area contributed by atoms with Crippen LogP contribution in [0.1, 0.15) is 99.8 Å². The van der Waals surface area contributed by atoms with Crippen molar-refractivity contribution in [3.05, 3.63) is 165 Å². The number of carbonyl (C=O) groups excluding carboxylic acids is 7. The summed E-state index contributed by atoms with van der Waals surface area (Å²) in [4.78, 5) is 113. The molecule has 4 amide bonds. The molecule has 1 aromatic heterocycles. The van der Waals surface area contributed by atoms with E-state index in [0.29, 0.717) is 33.1 Å². The predicted octanol–water partition coefficient (Wildman–Crippen LogP) is 10.2. The van der Waals surface area contributed by atoms with Crippen LogP contribution in [-0.2, 0) is 61.0 Å². The fraction of sp³-hybridized carbons (Fsp3) is 0.369. The number of aromatic nitrogens is 1. The minimum atomic E-state index is -1.69. The highest BCUT2D eigenvalue weighted by Gasteiger charge is 2.64. The average molecular weight is 1320 g/mol. The molecule has 0 unspecified atom stereocenters. The smallest absolute Gasteiger partial charge is 0.417 e. The number of anilines is 1. The summed E-state index contributed by atoms with van der Waals surface area (Å²) in [7, 11) is 4.42. The van der Waals surface area contributed by atoms with Gasteiger partial charge in [-0.1, -0.05) is 102 Å². The van der Waals surface area contributed by atoms with E-state index < -0.39 is 98.3 Å². The van der Waals surface area contributed by atoms with Crippen LogP contribution in [-0.4, -0.2) is 141 Å². The number of methoxy groups -OCH3 is 3. The minimum absolute atomic E-state index is 0.0120. The van der Waals surface area contributed by atoms with Gasteiger partial charge in [-0.15, -0.1) is 34.9 Å². The zero-order valence-electron chi connectivity index (χ0n) is 52.0. The third-order valence-corrected chi connectivity index (χ3v) is 18.2. The van der Waals surface area contributed by atoms with Gasteiger partial charge in [0.2, 0.25) is 11.5 Å². The van der Waals surface area contributed by atoms with Gasteiger partial charge >= 0.3 is 23.9 Å². The largest absolute Gasteiger partial charge is 0.497 e. The van der Waals surface area contributed by atoms with E-state index >= 15 is 4.79 Å². The average Bonchev–Trinajstić information content (AvgIpc) is 1.58. The normalized spacial score (nSPS) is 16.8. The molecule has 2 aliphatic heterocycles. The van der Waals surface area contributed by atoms with Crippen molar-refractivity contribution in [2.24, 2.45) is 5.16 Å². The lowest BCUT2D eigenvalue weighted by Gasteiger charge is -2.41. The van der Waals surface area contributed by atoms with Gasteiger partial charge in [-0.25, -0.2) is 24.3 Å². The number of oxime groups is 1. The van der Waals surface area contributed by atoms with Crippen molar-refractivity contribution in [1.29, 1.82) is 0 Å². The number of Topliss-reactive ketones (excluding diaryl/α,β-unsaturated/α-hetero) is 1. The summed E-state index contributed by atoms with van der Waals surface area (Å²) in [5, 5.41) is 7.17. The van der Waals surface area contributed by atoms with Crippen molar-refractivity contribution in [3.8, 4) is 23.0 Å². The lowest BCUT2D eigenvalue weighted by atomic mass is 10.0. The van der Waals surface area contributed by atoms with Crippen molar-refractivity contribution in [3.63, 3.8) is 0 Å². The second-order valence-corrected chi connectivity index (χ2v) is 27.6. The summed E-state index contributed by atoms with van der Waals surface area (Å²) in [6.07, 6.45) is -3.28. The first kappa shape index (κ1) is 68.5. The Balaban J connectivity index is 1.08. The fourth-order valence-electron chi connectivity index (χ4n) is 9.00. The van der Waals surface area contributed by atoms with E-state index in [-0.39, 0.29) is 58.4 Å². The number of thiazole rings is 1. The van der Waals surface area contributed by atoms with Crippen LogP contribution < -0.4 is 30.0 Å². The third kappa shape index (κ3) is 17.2. The molecule has 0 spiro atoms. The number of thioether (sulfide) groups is 2. The number of carbonyl (C=O) groups is 7. The molecule has 8 rings (SSSR count). The molecule has 0 saturated carbocycles. The lowest BCUT2D eigenvalue weighted by molar-refractivity contribution is -0.179. The number of hydrogen-bond acceptors (Lipinski definition) is 22. The Bertz CT molecular complexity index is 3600. The molecule has 26 heteroatoms. The zero-order chi connectivity index (χ0) is 66.0. The molecule has 91 heavy (non-hydrogen) atoms. The van der Waals surface area contributed by atoms with Crippen LogP contribution in [0.5, 0.6) is 23.0 Å². The van der Waals surface area contributed by atoms with Gasteiger partial charge in [0.15, 0.2) is 32.5 Å². The predicted molar refractivity (Wildman–Crippen MR) is 344 cm³/mol. The molecule has 0 aliphatic carbocycles. The Hall–Kier alpha value is -8.36. The van der Waals surface area contributed by atoms with Crippen LogP contribution in [0.15, 0.2) is 132 Å². The highest BCUT2D eigenvalue weighted by molar-refractivity contribution is 8.20. The van der Waals surface area contributed by atoms with Crippen LogP contribution >= 0.6 is 46.5 Å². The van der Waals surface area contributed by atoms with Gasteiger partial charge in [0.25, 0.3) is 11.7 Å². The molecule has 2 aliphatic rings. The van der Waals surface area contributed by atoms with E-state index in [1.807, 2.05) is 48.5 Å². The highest BCUT2D eigenvalue weighted by Crippen LogP contribution is 2.54. The molecule has 0 radical (unpaired) electrons. The van der Waals surface area contributed by atoms with Gasteiger partial charge in [-0.05, 0) is 114 Å². The number of esters is 2. The molecule has 5 aromatic carbocycles. The van der Waals surface area contributed by atoms with E-state index in [1.54, 1.807) is 116 Å². The molecular formula is C65H71ClN6O16S3. The van der Waals surface area contributed by atoms with Gasteiger partial charge in [0.05, 0.1) is 44.0 Å². The van der Waals surface area contributed by atoms with Crippen LogP contribution in [0.3, 0.4) is 0 Å². The van der Waals surface area contributed by atoms with E-state index in [1.165, 1.54) is 43.4 Å². The SMILES string of the molecule is COc1ccc(COc2ccc(C(=O)C(=O)N(C[C@@H](CS[C@]3(C(=O)OC(c4ccccc4)c4ccccc4)CN4C(=O)[C@@H](NC(=O)/C(=N\OC(C)(C)C(=O)OC(C)(C)C)c5csc(N)n5)[C@H]4S3)OC)C(=O)OC(C)(C)C)c(Cl)c2OCc2ccc(OC)cc2)cc1. The summed E-state index contributed by atoms with van der Waals surface area (Å²) in [6, 6.07) is 33.8. The van der Waals surface area contributed by atoms with Crippen LogP contribution in [0.2, 0.25) is 5.02 Å². The van der Waals surface area contributed by atoms with Crippen molar-refractivity contribution in [2.45, 2.75) is 113 Å². The molecular weight excluding hydrogens is 1250 g/mol. The maximum Gasteiger partial charge on any atom is 0.417 e. The number of ketones is 1. The number of nitrogen functional groups attached to an aromatic ring is 1. The molecule has 482 valence electrons. The summed E-state index contributed by atoms with van der Waals surface area (Å²) in [5.74, 6) is -4.43. The van der Waals surface area contributed by atoms with Crippen molar-refractivity contribution in [1.82, 2.24) is 20.1 Å². The molecule has 2 saturated heterocycles. The standard InChI is InChI=1S/C65H71ClN6O16S3/c1-62(2,3)86-58(77)64(7,8)88-70-49(46-36-89-60(67)68-46)54(74)69-50-55(75)72-37-65(91-57(50)72,59(78)85-52(40-18-14-12-15-19-40)41-20-16-13-17-21-41)90-35-44(82-11)32-71(61(79)87-63(4,5)6)56(76)51(73)45-30-31-47(83-33-38-22-26-42(80-9)27-23-38)53(48(45)66)84-34-39-24-28-43(81-10)29-25-39/h12-31,36,44,50,52,57H,32-35,37H2,1-11H3,(H2,67,68)(H,69,74)/b70-49-/t44-,50+,57+,65+/m0/s1. The number of nitrogens with zero attached hydrogens (tertiary/aromatic N) is 4. The second-order valence-electron chi connectivity index (χ2n) is 23.3. The number of hydrogen-bond donors (Lipinski definition) is 2. The van der Waals surface area contributed by atoms with Crippen molar-refractivity contribution < 1.29 is 76.3 Å². The number of benzene rings is 5. The topological polar surface area (TPSA) is 272 Å². The molecule has 6 aromatic rings. The number of ether oxygens (including phenoxy) is 8. The van der Waals surface area contributed by atoms with Gasteiger partial charge < -0.3 is 58.7 Å². The number of fused-ring (bicyclic) bond motifs is 1. The number of nitrogens with one attached hydrogen (secondary N) is 1. The summed E-state index contributed by atoms with van der Waals surface area (Å²) >= 11 is 10.1.